The molecule has 0 bridgehead atoms. The Morgan fingerprint density at radius 2 is 2.25 bits per heavy atom. The second-order valence-corrected chi connectivity index (χ2v) is 2.07. The van der Waals surface area contributed by atoms with Crippen LogP contribution < -0.4 is 0 Å². The number of hydrogen-bond acceptors (Lipinski definition) is 1. The van der Waals surface area contributed by atoms with E-state index in [1.165, 1.54) is 0 Å². The molecule has 0 unspecified atom stereocenters. The van der Waals surface area contributed by atoms with Crippen molar-refractivity contribution in [2.24, 2.45) is 5.92 Å². The molecule has 0 saturated heterocycles. The first-order valence-electron chi connectivity index (χ1n) is 3.03. The standard InChI is InChI=1S/C7H14O/c1-4-6(3)7(8)5-2/h4,6-8H,1,5H2,2-3H3/t6-,7+/m1/s1. The Morgan fingerprint density at radius 1 is 1.75 bits per heavy atom. The first-order valence-corrected chi connectivity index (χ1v) is 3.03. The van der Waals surface area contributed by atoms with Gasteiger partial charge in [0.05, 0.1) is 6.10 Å². The molecule has 0 aromatic carbocycles. The molecule has 0 spiro atoms. The van der Waals surface area contributed by atoms with Crippen molar-refractivity contribution in [2.45, 2.75) is 26.4 Å². The summed E-state index contributed by atoms with van der Waals surface area (Å²) < 4.78 is 0. The van der Waals surface area contributed by atoms with Crippen molar-refractivity contribution in [1.82, 2.24) is 0 Å². The summed E-state index contributed by atoms with van der Waals surface area (Å²) in [6, 6.07) is 0. The zero-order chi connectivity index (χ0) is 6.57. The van der Waals surface area contributed by atoms with E-state index in [9.17, 15) is 0 Å². The monoisotopic (exact) mass is 114 g/mol. The average Bonchev–Trinajstić information content (AvgIpc) is 1.84. The lowest BCUT2D eigenvalue weighted by Gasteiger charge is -2.10. The number of aliphatic hydroxyl groups is 1. The molecule has 0 aromatic rings. The highest BCUT2D eigenvalue weighted by atomic mass is 16.3. The fourth-order valence-electron chi connectivity index (χ4n) is 0.529. The minimum absolute atomic E-state index is 0.201. The first kappa shape index (κ1) is 7.70. The van der Waals surface area contributed by atoms with Gasteiger partial charge in [0, 0.05) is 0 Å². The van der Waals surface area contributed by atoms with Crippen molar-refractivity contribution >= 4 is 0 Å². The van der Waals surface area contributed by atoms with Gasteiger partial charge in [0.15, 0.2) is 0 Å². The largest absolute Gasteiger partial charge is 0.393 e. The Bertz CT molecular complexity index is 68.8. The summed E-state index contributed by atoms with van der Waals surface area (Å²) in [5.74, 6) is 0.236. The zero-order valence-corrected chi connectivity index (χ0v) is 5.59. The maximum Gasteiger partial charge on any atom is 0.0597 e. The van der Waals surface area contributed by atoms with E-state index in [0.29, 0.717) is 0 Å². The second-order valence-electron chi connectivity index (χ2n) is 2.07. The highest BCUT2D eigenvalue weighted by molar-refractivity contribution is 4.79. The van der Waals surface area contributed by atoms with Gasteiger partial charge in [-0.15, -0.1) is 6.58 Å². The predicted octanol–water partition coefficient (Wildman–Crippen LogP) is 1.58. The van der Waals surface area contributed by atoms with Crippen LogP contribution in [0.15, 0.2) is 12.7 Å². The van der Waals surface area contributed by atoms with E-state index in [1.807, 2.05) is 13.8 Å². The molecular weight excluding hydrogens is 100 g/mol. The van der Waals surface area contributed by atoms with Crippen LogP contribution in [0.4, 0.5) is 0 Å². The molecule has 0 aromatic heterocycles. The minimum atomic E-state index is -0.201. The lowest BCUT2D eigenvalue weighted by atomic mass is 10.0. The molecule has 1 N–H and O–H groups in total. The molecule has 0 aliphatic heterocycles. The van der Waals surface area contributed by atoms with Gasteiger partial charge in [-0.05, 0) is 12.3 Å². The fourth-order valence-corrected chi connectivity index (χ4v) is 0.529. The first-order chi connectivity index (χ1) is 3.72. The quantitative estimate of drug-likeness (QED) is 0.552. The van der Waals surface area contributed by atoms with Crippen LogP contribution in [0.1, 0.15) is 20.3 Å². The van der Waals surface area contributed by atoms with E-state index in [0.717, 1.165) is 6.42 Å². The van der Waals surface area contributed by atoms with Gasteiger partial charge in [0.2, 0.25) is 0 Å². The summed E-state index contributed by atoms with van der Waals surface area (Å²) in [6.45, 7) is 7.49. The van der Waals surface area contributed by atoms with Crippen LogP contribution in [0.5, 0.6) is 0 Å². The van der Waals surface area contributed by atoms with Crippen LogP contribution >= 0.6 is 0 Å². The molecule has 0 aliphatic carbocycles. The molecule has 48 valence electrons. The zero-order valence-electron chi connectivity index (χ0n) is 5.59. The number of rotatable bonds is 3. The molecule has 0 fully saturated rings. The predicted molar refractivity (Wildman–Crippen MR) is 35.7 cm³/mol. The van der Waals surface area contributed by atoms with E-state index < -0.39 is 0 Å². The van der Waals surface area contributed by atoms with Gasteiger partial charge >= 0.3 is 0 Å². The molecule has 0 amide bonds. The van der Waals surface area contributed by atoms with Crippen LogP contribution in [-0.2, 0) is 0 Å². The van der Waals surface area contributed by atoms with Gasteiger partial charge < -0.3 is 5.11 Å². The van der Waals surface area contributed by atoms with Crippen LogP contribution in [0.3, 0.4) is 0 Å². The van der Waals surface area contributed by atoms with Crippen molar-refractivity contribution in [3.63, 3.8) is 0 Å². The van der Waals surface area contributed by atoms with E-state index in [4.69, 9.17) is 5.11 Å². The minimum Gasteiger partial charge on any atom is -0.393 e. The Morgan fingerprint density at radius 3 is 2.38 bits per heavy atom. The third kappa shape index (κ3) is 2.12. The summed E-state index contributed by atoms with van der Waals surface area (Å²) in [4.78, 5) is 0. The summed E-state index contributed by atoms with van der Waals surface area (Å²) in [6.07, 6.45) is 2.38. The number of aliphatic hydroxyl groups excluding tert-OH is 1. The maximum absolute atomic E-state index is 9.06. The summed E-state index contributed by atoms with van der Waals surface area (Å²) in [7, 11) is 0. The van der Waals surface area contributed by atoms with Gasteiger partial charge in [-0.25, -0.2) is 0 Å². The maximum atomic E-state index is 9.06. The highest BCUT2D eigenvalue weighted by Crippen LogP contribution is 2.05. The van der Waals surface area contributed by atoms with Gasteiger partial charge in [-0.1, -0.05) is 19.9 Å². The van der Waals surface area contributed by atoms with Crippen molar-refractivity contribution < 1.29 is 5.11 Å². The van der Waals surface area contributed by atoms with Gasteiger partial charge in [0.1, 0.15) is 0 Å². The molecule has 0 radical (unpaired) electrons. The normalized spacial score (nSPS) is 17.4. The topological polar surface area (TPSA) is 20.2 Å². The molecule has 2 atom stereocenters. The van der Waals surface area contributed by atoms with E-state index in [-0.39, 0.29) is 12.0 Å². The third-order valence-electron chi connectivity index (χ3n) is 1.40. The highest BCUT2D eigenvalue weighted by Gasteiger charge is 2.05. The molecule has 1 heteroatoms. The second kappa shape index (κ2) is 3.67. The van der Waals surface area contributed by atoms with E-state index in [2.05, 4.69) is 6.58 Å². The van der Waals surface area contributed by atoms with Gasteiger partial charge in [-0.3, -0.25) is 0 Å². The number of hydrogen-bond donors (Lipinski definition) is 1. The average molecular weight is 114 g/mol. The van der Waals surface area contributed by atoms with Crippen LogP contribution in [0, 0.1) is 5.92 Å². The molecule has 1 nitrogen and oxygen atoms in total. The molecule has 0 aliphatic rings. The molecule has 0 rings (SSSR count). The summed E-state index contributed by atoms with van der Waals surface area (Å²) in [5.41, 5.74) is 0. The van der Waals surface area contributed by atoms with Gasteiger partial charge in [-0.2, -0.15) is 0 Å². The molecular formula is C7H14O. The summed E-state index contributed by atoms with van der Waals surface area (Å²) >= 11 is 0. The van der Waals surface area contributed by atoms with Crippen molar-refractivity contribution in [3.05, 3.63) is 12.7 Å². The fraction of sp³-hybridized carbons (Fsp3) is 0.714. The Labute approximate surface area is 51.0 Å². The van der Waals surface area contributed by atoms with Crippen molar-refractivity contribution in [1.29, 1.82) is 0 Å². The Kier molecular flexibility index (Phi) is 3.53. The van der Waals surface area contributed by atoms with E-state index >= 15 is 0 Å². The van der Waals surface area contributed by atoms with Crippen LogP contribution in [0.25, 0.3) is 0 Å². The third-order valence-corrected chi connectivity index (χ3v) is 1.40. The SMILES string of the molecule is C=C[C@@H](C)[C@@H](O)CC. The Hall–Kier alpha value is -0.300. The molecule has 8 heavy (non-hydrogen) atoms. The smallest absolute Gasteiger partial charge is 0.0597 e. The molecule has 0 heterocycles. The van der Waals surface area contributed by atoms with Crippen LogP contribution in [-0.4, -0.2) is 11.2 Å². The summed E-state index contributed by atoms with van der Waals surface area (Å²) in [5, 5.41) is 9.06. The van der Waals surface area contributed by atoms with Crippen LogP contribution in [0.2, 0.25) is 0 Å². The molecule has 0 saturated carbocycles. The van der Waals surface area contributed by atoms with E-state index in [1.54, 1.807) is 6.08 Å². The van der Waals surface area contributed by atoms with Gasteiger partial charge in [0.25, 0.3) is 0 Å². The lowest BCUT2D eigenvalue weighted by molar-refractivity contribution is 0.134. The van der Waals surface area contributed by atoms with Crippen molar-refractivity contribution in [2.75, 3.05) is 0 Å². The lowest BCUT2D eigenvalue weighted by Crippen LogP contribution is -2.13. The Balaban J connectivity index is 3.44. The van der Waals surface area contributed by atoms with Crippen molar-refractivity contribution in [3.8, 4) is 0 Å².